The smallest absolute Gasteiger partial charge is 0.164 e. The van der Waals surface area contributed by atoms with Gasteiger partial charge in [-0.3, -0.25) is 4.79 Å². The van der Waals surface area contributed by atoms with E-state index < -0.39 is 24.1 Å². The van der Waals surface area contributed by atoms with Crippen molar-refractivity contribution in [2.45, 2.75) is 122 Å². The van der Waals surface area contributed by atoms with Gasteiger partial charge in [0.1, 0.15) is 6.10 Å². The molecule has 0 aliphatic carbocycles. The number of allylic oxidation sites excluding steroid dienone is 2. The van der Waals surface area contributed by atoms with Crippen molar-refractivity contribution in [3.05, 3.63) is 12.2 Å². The Balaban J connectivity index is 3.52. The number of unbranched alkanes of at least 4 members (excludes halogenated alkanes) is 12. The molecule has 0 rings (SSSR count). The summed E-state index contributed by atoms with van der Waals surface area (Å²) in [6.07, 6.45) is 20.2. The molecule has 0 fully saturated rings. The van der Waals surface area contributed by atoms with Crippen LogP contribution in [0.2, 0.25) is 0 Å². The van der Waals surface area contributed by atoms with Gasteiger partial charge in [0.2, 0.25) is 0 Å². The summed E-state index contributed by atoms with van der Waals surface area (Å²) in [7, 11) is 0. The maximum absolute atomic E-state index is 11.5. The number of carbonyl (C=O) groups is 1. The number of carbonyl (C=O) groups excluding carboxylic acids is 1. The van der Waals surface area contributed by atoms with Gasteiger partial charge in [-0.25, -0.2) is 0 Å². The van der Waals surface area contributed by atoms with E-state index in [0.29, 0.717) is 6.42 Å². The first-order chi connectivity index (χ1) is 13.0. The Morgan fingerprint density at radius 1 is 0.852 bits per heavy atom. The van der Waals surface area contributed by atoms with Gasteiger partial charge in [0, 0.05) is 0 Å². The van der Waals surface area contributed by atoms with E-state index >= 15 is 0 Å². The molecule has 0 saturated carbocycles. The Morgan fingerprint density at radius 3 is 1.74 bits per heavy atom. The fourth-order valence-electron chi connectivity index (χ4n) is 3.37. The lowest BCUT2D eigenvalue weighted by Gasteiger charge is -2.29. The average Bonchev–Trinajstić information content (AvgIpc) is 2.66. The molecule has 0 aromatic carbocycles. The van der Waals surface area contributed by atoms with Gasteiger partial charge in [-0.1, -0.05) is 83.3 Å². The molecular weight excluding hydrogens is 340 g/mol. The van der Waals surface area contributed by atoms with Gasteiger partial charge in [-0.15, -0.1) is 0 Å². The van der Waals surface area contributed by atoms with Crippen molar-refractivity contribution >= 4 is 5.78 Å². The van der Waals surface area contributed by atoms with Crippen molar-refractivity contribution in [2.24, 2.45) is 0 Å². The monoisotopic (exact) mass is 384 g/mol. The van der Waals surface area contributed by atoms with Crippen LogP contribution in [0.25, 0.3) is 0 Å². The molecule has 0 aliphatic rings. The van der Waals surface area contributed by atoms with E-state index in [2.05, 4.69) is 19.1 Å². The zero-order valence-corrected chi connectivity index (χ0v) is 17.8. The lowest BCUT2D eigenvalue weighted by atomic mass is 9.87. The second-order valence-corrected chi connectivity index (χ2v) is 7.87. The zero-order valence-electron chi connectivity index (χ0n) is 17.8. The highest BCUT2D eigenvalue weighted by Crippen LogP contribution is 2.21. The molecule has 4 nitrogen and oxygen atoms in total. The number of aliphatic hydroxyl groups excluding tert-OH is 2. The van der Waals surface area contributed by atoms with Crippen molar-refractivity contribution in [1.82, 2.24) is 0 Å². The summed E-state index contributed by atoms with van der Waals surface area (Å²) in [5.74, 6) is -0.475. The molecule has 2 atom stereocenters. The van der Waals surface area contributed by atoms with E-state index in [4.69, 9.17) is 5.11 Å². The summed E-state index contributed by atoms with van der Waals surface area (Å²) in [6, 6.07) is 0. The van der Waals surface area contributed by atoms with E-state index in [-0.39, 0.29) is 6.42 Å². The maximum atomic E-state index is 11.5. The summed E-state index contributed by atoms with van der Waals surface area (Å²) < 4.78 is 0. The van der Waals surface area contributed by atoms with E-state index in [9.17, 15) is 15.0 Å². The van der Waals surface area contributed by atoms with E-state index in [0.717, 1.165) is 25.7 Å². The average molecular weight is 385 g/mol. The topological polar surface area (TPSA) is 77.8 Å². The Bertz CT molecular complexity index is 381. The van der Waals surface area contributed by atoms with E-state index in [1.807, 2.05) is 0 Å². The summed E-state index contributed by atoms with van der Waals surface area (Å²) in [5.41, 5.74) is -1.80. The largest absolute Gasteiger partial charge is 0.394 e. The Kier molecular flexibility index (Phi) is 16.9. The summed E-state index contributed by atoms with van der Waals surface area (Å²) in [5, 5.41) is 28.8. The third-order valence-electron chi connectivity index (χ3n) is 5.40. The van der Waals surface area contributed by atoms with Crippen LogP contribution < -0.4 is 0 Å². The molecular formula is C23H44O4. The van der Waals surface area contributed by atoms with Crippen LogP contribution in [0.15, 0.2) is 12.2 Å². The van der Waals surface area contributed by atoms with Crippen LogP contribution in [0.1, 0.15) is 110 Å². The molecule has 0 aromatic heterocycles. The van der Waals surface area contributed by atoms with Gasteiger partial charge in [-0.05, 0) is 39.0 Å². The molecule has 0 spiro atoms. The van der Waals surface area contributed by atoms with Crippen molar-refractivity contribution in [2.75, 3.05) is 6.61 Å². The predicted molar refractivity (Wildman–Crippen MR) is 113 cm³/mol. The molecule has 0 bridgehead atoms. The van der Waals surface area contributed by atoms with Crippen molar-refractivity contribution in [3.63, 3.8) is 0 Å². The third kappa shape index (κ3) is 13.2. The normalized spacial score (nSPS) is 15.1. The fraction of sp³-hybridized carbons (Fsp3) is 0.870. The van der Waals surface area contributed by atoms with E-state index in [1.165, 1.54) is 64.7 Å². The van der Waals surface area contributed by atoms with Crippen LogP contribution in [0.5, 0.6) is 0 Å². The van der Waals surface area contributed by atoms with Crippen LogP contribution in [0.4, 0.5) is 0 Å². The van der Waals surface area contributed by atoms with Gasteiger partial charge < -0.3 is 15.3 Å². The first-order valence-electron chi connectivity index (χ1n) is 11.2. The second-order valence-electron chi connectivity index (χ2n) is 7.87. The predicted octanol–water partition coefficient (Wildman–Crippen LogP) is 5.09. The van der Waals surface area contributed by atoms with Gasteiger partial charge >= 0.3 is 0 Å². The van der Waals surface area contributed by atoms with E-state index in [1.54, 1.807) is 0 Å². The highest BCUT2D eigenvalue weighted by atomic mass is 16.4. The first-order valence-corrected chi connectivity index (χ1v) is 11.2. The Hall–Kier alpha value is -0.710. The number of ketones is 1. The highest BCUT2D eigenvalue weighted by molar-refractivity contribution is 5.85. The SMILES string of the molecule is CCCCCCCC/C=C\CCCCCCCCC(O)(C(C)=O)C(O)CO. The zero-order chi connectivity index (χ0) is 20.4. The molecule has 4 heteroatoms. The molecule has 0 heterocycles. The fourth-order valence-corrected chi connectivity index (χ4v) is 3.37. The van der Waals surface area contributed by atoms with Crippen LogP contribution in [-0.4, -0.2) is 39.4 Å². The first kappa shape index (κ1) is 26.3. The molecule has 0 radical (unpaired) electrons. The van der Waals surface area contributed by atoms with Gasteiger partial charge in [0.05, 0.1) is 6.61 Å². The van der Waals surface area contributed by atoms with Crippen LogP contribution in [0, 0.1) is 0 Å². The molecule has 27 heavy (non-hydrogen) atoms. The van der Waals surface area contributed by atoms with Crippen LogP contribution in [-0.2, 0) is 4.79 Å². The van der Waals surface area contributed by atoms with Gasteiger partial charge in [0.25, 0.3) is 0 Å². The maximum Gasteiger partial charge on any atom is 0.164 e. The molecule has 0 aliphatic heterocycles. The summed E-state index contributed by atoms with van der Waals surface area (Å²) >= 11 is 0. The summed E-state index contributed by atoms with van der Waals surface area (Å²) in [4.78, 5) is 11.5. The summed E-state index contributed by atoms with van der Waals surface area (Å²) in [6.45, 7) is 2.92. The molecule has 0 aromatic rings. The molecule has 2 unspecified atom stereocenters. The standard InChI is InChI=1S/C23H44O4/c1-3-4-5-6-7-8-9-10-11-12-13-14-15-16-17-18-19-23(27,21(2)25)22(26)20-24/h10-11,22,24,26-27H,3-9,12-20H2,1-2H3/b11-10-. The lowest BCUT2D eigenvalue weighted by Crippen LogP contribution is -2.50. The van der Waals surface area contributed by atoms with Crippen molar-refractivity contribution in [3.8, 4) is 0 Å². The molecule has 3 N–H and O–H groups in total. The van der Waals surface area contributed by atoms with Crippen molar-refractivity contribution in [1.29, 1.82) is 0 Å². The Labute approximate surface area is 167 Å². The number of rotatable bonds is 19. The minimum Gasteiger partial charge on any atom is -0.394 e. The Morgan fingerprint density at radius 2 is 1.30 bits per heavy atom. The number of hydrogen-bond donors (Lipinski definition) is 3. The minimum atomic E-state index is -1.80. The highest BCUT2D eigenvalue weighted by Gasteiger charge is 2.39. The number of Topliss-reactive ketones (excluding diaryl/α,β-unsaturated/α-hetero) is 1. The second kappa shape index (κ2) is 17.4. The van der Waals surface area contributed by atoms with Crippen LogP contribution in [0.3, 0.4) is 0 Å². The third-order valence-corrected chi connectivity index (χ3v) is 5.40. The lowest BCUT2D eigenvalue weighted by molar-refractivity contribution is -0.153. The van der Waals surface area contributed by atoms with Crippen molar-refractivity contribution < 1.29 is 20.1 Å². The number of hydrogen-bond acceptors (Lipinski definition) is 4. The number of aliphatic hydroxyl groups is 3. The van der Waals surface area contributed by atoms with Gasteiger partial charge in [-0.2, -0.15) is 0 Å². The molecule has 0 amide bonds. The molecule has 0 saturated heterocycles. The van der Waals surface area contributed by atoms with Crippen LogP contribution >= 0.6 is 0 Å². The van der Waals surface area contributed by atoms with Gasteiger partial charge in [0.15, 0.2) is 11.4 Å². The molecule has 160 valence electrons. The quantitative estimate of drug-likeness (QED) is 0.214. The minimum absolute atomic E-state index is 0.214.